The molecule has 0 aliphatic rings. The highest BCUT2D eigenvalue weighted by Gasteiger charge is 2.33. The molecule has 7 heteroatoms. The van der Waals surface area contributed by atoms with Crippen LogP contribution < -0.4 is 0 Å². The van der Waals surface area contributed by atoms with Crippen molar-refractivity contribution in [2.75, 3.05) is 6.26 Å². The summed E-state index contributed by atoms with van der Waals surface area (Å²) in [6, 6.07) is 7.25. The molecule has 0 fully saturated rings. The van der Waals surface area contributed by atoms with Crippen LogP contribution in [0, 0.1) is 0 Å². The van der Waals surface area contributed by atoms with Gasteiger partial charge in [0.15, 0.2) is 5.69 Å². The summed E-state index contributed by atoms with van der Waals surface area (Å²) in [5.41, 5.74) is -0.453. The van der Waals surface area contributed by atoms with E-state index in [0.717, 1.165) is 10.7 Å². The summed E-state index contributed by atoms with van der Waals surface area (Å²) in [7, 11) is -1.11. The van der Waals surface area contributed by atoms with Gasteiger partial charge in [-0.3, -0.25) is 4.21 Å². The van der Waals surface area contributed by atoms with Crippen LogP contribution in [0.3, 0.4) is 0 Å². The van der Waals surface area contributed by atoms with Gasteiger partial charge in [-0.15, -0.1) is 0 Å². The SMILES string of the molecule is CS(=O)c1ccc(-n2ccc(C(F)(F)F)n2)cc1. The number of alkyl halides is 3. The summed E-state index contributed by atoms with van der Waals surface area (Å²) in [4.78, 5) is 0.613. The Bertz CT molecular complexity index is 575. The number of aromatic nitrogens is 2. The maximum atomic E-state index is 12.4. The Balaban J connectivity index is 2.32. The minimum atomic E-state index is -4.45. The summed E-state index contributed by atoms with van der Waals surface area (Å²) in [5.74, 6) is 0. The molecule has 1 heterocycles. The van der Waals surface area contributed by atoms with Gasteiger partial charge in [-0.25, -0.2) is 4.68 Å². The largest absolute Gasteiger partial charge is 0.435 e. The Kier molecular flexibility index (Phi) is 3.25. The van der Waals surface area contributed by atoms with Gasteiger partial charge >= 0.3 is 6.18 Å². The van der Waals surface area contributed by atoms with Crippen LogP contribution in [-0.4, -0.2) is 20.2 Å². The molecule has 18 heavy (non-hydrogen) atoms. The molecule has 0 spiro atoms. The lowest BCUT2D eigenvalue weighted by molar-refractivity contribution is -0.141. The van der Waals surface area contributed by atoms with Crippen molar-refractivity contribution in [3.63, 3.8) is 0 Å². The van der Waals surface area contributed by atoms with E-state index in [4.69, 9.17) is 0 Å². The number of benzene rings is 1. The Hall–Kier alpha value is -1.63. The number of hydrogen-bond donors (Lipinski definition) is 0. The van der Waals surface area contributed by atoms with Crippen molar-refractivity contribution in [1.82, 2.24) is 9.78 Å². The summed E-state index contributed by atoms with van der Waals surface area (Å²) in [5, 5.41) is 3.44. The molecule has 0 aliphatic heterocycles. The fourth-order valence-corrected chi connectivity index (χ4v) is 1.93. The zero-order valence-electron chi connectivity index (χ0n) is 9.31. The molecular formula is C11H9F3N2OS. The first-order chi connectivity index (χ1) is 8.38. The molecule has 3 nitrogen and oxygen atoms in total. The maximum Gasteiger partial charge on any atom is 0.435 e. The zero-order valence-corrected chi connectivity index (χ0v) is 10.1. The fraction of sp³-hybridized carbons (Fsp3) is 0.182. The molecule has 1 atom stereocenters. The topological polar surface area (TPSA) is 34.9 Å². The number of halogens is 3. The average molecular weight is 274 g/mol. The predicted octanol–water partition coefficient (Wildman–Crippen LogP) is 2.63. The van der Waals surface area contributed by atoms with Gasteiger partial charge in [-0.1, -0.05) is 0 Å². The quantitative estimate of drug-likeness (QED) is 0.843. The van der Waals surface area contributed by atoms with Gasteiger partial charge in [0.2, 0.25) is 0 Å². The van der Waals surface area contributed by atoms with Crippen molar-refractivity contribution >= 4 is 10.8 Å². The average Bonchev–Trinajstić information content (AvgIpc) is 2.78. The van der Waals surface area contributed by atoms with Gasteiger partial charge in [0.25, 0.3) is 0 Å². The third-order valence-corrected chi connectivity index (χ3v) is 3.25. The molecule has 1 unspecified atom stereocenters. The van der Waals surface area contributed by atoms with E-state index < -0.39 is 22.7 Å². The zero-order chi connectivity index (χ0) is 13.3. The van der Waals surface area contributed by atoms with Crippen LogP contribution in [0.4, 0.5) is 13.2 Å². The molecule has 1 aromatic heterocycles. The van der Waals surface area contributed by atoms with Crippen LogP contribution in [-0.2, 0) is 17.0 Å². The van der Waals surface area contributed by atoms with E-state index in [1.165, 1.54) is 12.5 Å². The smallest absolute Gasteiger partial charge is 0.255 e. The van der Waals surface area contributed by atoms with Gasteiger partial charge in [0.05, 0.1) is 5.69 Å². The number of nitrogens with zero attached hydrogens (tertiary/aromatic N) is 2. The van der Waals surface area contributed by atoms with Crippen LogP contribution in [0.1, 0.15) is 5.69 Å². The Morgan fingerprint density at radius 1 is 1.17 bits per heavy atom. The highest BCUT2D eigenvalue weighted by molar-refractivity contribution is 7.84. The van der Waals surface area contributed by atoms with E-state index in [9.17, 15) is 17.4 Å². The molecular weight excluding hydrogens is 265 g/mol. The minimum absolute atomic E-state index is 0.486. The van der Waals surface area contributed by atoms with Gasteiger partial charge < -0.3 is 0 Å². The van der Waals surface area contributed by atoms with Crippen LogP contribution in [0.25, 0.3) is 5.69 Å². The molecule has 2 rings (SSSR count). The summed E-state index contributed by atoms with van der Waals surface area (Å²) >= 11 is 0. The summed E-state index contributed by atoms with van der Waals surface area (Å²) in [6.45, 7) is 0. The van der Waals surface area contributed by atoms with Crippen LogP contribution in [0.2, 0.25) is 0 Å². The van der Waals surface area contributed by atoms with Gasteiger partial charge in [-0.05, 0) is 30.3 Å². The lowest BCUT2D eigenvalue weighted by Gasteiger charge is -2.03. The van der Waals surface area contributed by atoms with Crippen molar-refractivity contribution in [1.29, 1.82) is 0 Å². The first-order valence-electron chi connectivity index (χ1n) is 4.94. The molecule has 0 N–H and O–H groups in total. The van der Waals surface area contributed by atoms with Gasteiger partial charge in [-0.2, -0.15) is 18.3 Å². The van der Waals surface area contributed by atoms with E-state index in [1.54, 1.807) is 24.3 Å². The second-order valence-electron chi connectivity index (χ2n) is 3.59. The lowest BCUT2D eigenvalue weighted by Crippen LogP contribution is -2.07. The van der Waals surface area contributed by atoms with E-state index >= 15 is 0 Å². The molecule has 1 aromatic carbocycles. The monoisotopic (exact) mass is 274 g/mol. The first-order valence-corrected chi connectivity index (χ1v) is 6.50. The van der Waals surface area contributed by atoms with Crippen molar-refractivity contribution in [3.8, 4) is 5.69 Å². The molecule has 2 aromatic rings. The van der Waals surface area contributed by atoms with Crippen molar-refractivity contribution in [2.45, 2.75) is 11.1 Å². The Morgan fingerprint density at radius 3 is 2.22 bits per heavy atom. The second kappa shape index (κ2) is 4.56. The second-order valence-corrected chi connectivity index (χ2v) is 4.97. The van der Waals surface area contributed by atoms with Crippen molar-refractivity contribution in [2.24, 2.45) is 0 Å². The summed E-state index contributed by atoms with van der Waals surface area (Å²) in [6.07, 6.45) is -1.68. The van der Waals surface area contributed by atoms with Crippen molar-refractivity contribution in [3.05, 3.63) is 42.2 Å². The lowest BCUT2D eigenvalue weighted by atomic mass is 10.3. The standard InChI is InChI=1S/C11H9F3N2OS/c1-18(17)9-4-2-8(3-5-9)16-7-6-10(15-16)11(12,13)14/h2-7H,1H3. The summed E-state index contributed by atoms with van der Waals surface area (Å²) < 4.78 is 49.4. The molecule has 0 amide bonds. The van der Waals surface area contributed by atoms with E-state index in [1.807, 2.05) is 0 Å². The Labute approximate surface area is 104 Å². The van der Waals surface area contributed by atoms with Crippen LogP contribution in [0.5, 0.6) is 0 Å². The molecule has 0 saturated carbocycles. The number of hydrogen-bond acceptors (Lipinski definition) is 2. The van der Waals surface area contributed by atoms with Crippen LogP contribution in [0.15, 0.2) is 41.4 Å². The highest BCUT2D eigenvalue weighted by atomic mass is 32.2. The van der Waals surface area contributed by atoms with E-state index in [-0.39, 0.29) is 0 Å². The third kappa shape index (κ3) is 2.61. The van der Waals surface area contributed by atoms with E-state index in [2.05, 4.69) is 5.10 Å². The van der Waals surface area contributed by atoms with Crippen LogP contribution >= 0.6 is 0 Å². The first kappa shape index (κ1) is 12.8. The predicted molar refractivity (Wildman–Crippen MR) is 60.9 cm³/mol. The number of rotatable bonds is 2. The maximum absolute atomic E-state index is 12.4. The molecule has 0 saturated heterocycles. The van der Waals surface area contributed by atoms with Gasteiger partial charge in [0, 0.05) is 28.1 Å². The van der Waals surface area contributed by atoms with E-state index in [0.29, 0.717) is 10.6 Å². The Morgan fingerprint density at radius 2 is 1.78 bits per heavy atom. The molecule has 0 radical (unpaired) electrons. The normalized spacial score (nSPS) is 13.6. The highest BCUT2D eigenvalue weighted by Crippen LogP contribution is 2.27. The molecule has 0 bridgehead atoms. The fourth-order valence-electron chi connectivity index (χ4n) is 1.41. The minimum Gasteiger partial charge on any atom is -0.255 e. The molecule has 0 aliphatic carbocycles. The molecule has 96 valence electrons. The third-order valence-electron chi connectivity index (χ3n) is 2.31. The van der Waals surface area contributed by atoms with Gasteiger partial charge in [0.1, 0.15) is 0 Å². The van der Waals surface area contributed by atoms with Crippen molar-refractivity contribution < 1.29 is 17.4 Å².